The van der Waals surface area contributed by atoms with Crippen molar-refractivity contribution in [3.05, 3.63) is 0 Å². The van der Waals surface area contributed by atoms with Gasteiger partial charge in [-0.05, 0) is 6.92 Å². The molecule has 17 heavy (non-hydrogen) atoms. The molecule has 0 aliphatic carbocycles. The van der Waals surface area contributed by atoms with E-state index < -0.39 is 23.8 Å². The molecular weight excluding hydrogens is 228 g/mol. The largest absolute Gasteiger partial charge is 0.510 e. The van der Waals surface area contributed by atoms with E-state index in [4.69, 9.17) is 4.74 Å². The minimum atomic E-state index is -1.05. The van der Waals surface area contributed by atoms with Gasteiger partial charge in [-0.3, -0.25) is 5.21 Å². The highest BCUT2D eigenvalue weighted by atomic mass is 16.7. The highest BCUT2D eigenvalue weighted by Crippen LogP contribution is 2.31. The summed E-state index contributed by atoms with van der Waals surface area (Å²) in [5.74, 6) is 0. The van der Waals surface area contributed by atoms with Gasteiger partial charge in [0.25, 0.3) is 0 Å². The third-order valence-electron chi connectivity index (χ3n) is 2.53. The highest BCUT2D eigenvalue weighted by Gasteiger charge is 2.46. The van der Waals surface area contributed by atoms with Crippen LogP contribution in [0.15, 0.2) is 0 Å². The lowest BCUT2D eigenvalue weighted by molar-refractivity contribution is -0.225. The van der Waals surface area contributed by atoms with Crippen LogP contribution in [-0.4, -0.2) is 53.8 Å². The number of carbonyl (C=O) groups excluding carboxylic acids is 2. The van der Waals surface area contributed by atoms with Crippen LogP contribution >= 0.6 is 0 Å². The van der Waals surface area contributed by atoms with E-state index in [0.717, 1.165) is 0 Å². The summed E-state index contributed by atoms with van der Waals surface area (Å²) in [7, 11) is 1.56. The molecule has 2 amide bonds. The summed E-state index contributed by atoms with van der Waals surface area (Å²) in [6.45, 7) is 5.74. The Morgan fingerprint density at radius 3 is 2.71 bits per heavy atom. The van der Waals surface area contributed by atoms with Crippen molar-refractivity contribution in [3.8, 4) is 0 Å². The number of amides is 2. The molecule has 0 bridgehead atoms. The molecule has 0 aromatic carbocycles. The average molecular weight is 246 g/mol. The van der Waals surface area contributed by atoms with Gasteiger partial charge in [-0.1, -0.05) is 13.8 Å². The van der Waals surface area contributed by atoms with Gasteiger partial charge < -0.3 is 14.4 Å². The van der Waals surface area contributed by atoms with Crippen molar-refractivity contribution >= 4 is 12.2 Å². The normalized spacial score (nSPS) is 23.6. The molecule has 0 aromatic heterocycles. The van der Waals surface area contributed by atoms with Crippen LogP contribution in [0, 0.1) is 5.41 Å². The Kier molecular flexibility index (Phi) is 3.82. The lowest BCUT2D eigenvalue weighted by Gasteiger charge is -2.44. The quantitative estimate of drug-likeness (QED) is 0.586. The van der Waals surface area contributed by atoms with Crippen LogP contribution in [0.25, 0.3) is 0 Å². The maximum absolute atomic E-state index is 11.5. The maximum Gasteiger partial charge on any atom is 0.510 e. The molecule has 7 heteroatoms. The molecule has 0 spiro atoms. The topological polar surface area (TPSA) is 79.3 Å². The smallest absolute Gasteiger partial charge is 0.435 e. The Morgan fingerprint density at radius 1 is 1.59 bits per heavy atom. The van der Waals surface area contributed by atoms with Crippen molar-refractivity contribution in [1.82, 2.24) is 9.96 Å². The molecule has 0 aromatic rings. The molecule has 1 aliphatic heterocycles. The van der Waals surface area contributed by atoms with Crippen LogP contribution < -0.4 is 0 Å². The van der Waals surface area contributed by atoms with Crippen molar-refractivity contribution in [1.29, 1.82) is 0 Å². The zero-order valence-electron chi connectivity index (χ0n) is 10.5. The SMILES string of the molecule is CCOC(=O)OC1N(O)C(=O)N(C)CC1(C)C. The number of hydroxylamine groups is 2. The van der Waals surface area contributed by atoms with Gasteiger partial charge in [0.2, 0.25) is 6.23 Å². The van der Waals surface area contributed by atoms with E-state index in [-0.39, 0.29) is 6.61 Å². The monoisotopic (exact) mass is 246 g/mol. The first-order valence-corrected chi connectivity index (χ1v) is 5.36. The highest BCUT2D eigenvalue weighted by molar-refractivity contribution is 5.74. The summed E-state index contributed by atoms with van der Waals surface area (Å²) in [4.78, 5) is 24.1. The molecule has 1 rings (SSSR count). The van der Waals surface area contributed by atoms with Crippen molar-refractivity contribution in [2.75, 3.05) is 20.2 Å². The third-order valence-corrected chi connectivity index (χ3v) is 2.53. The fourth-order valence-corrected chi connectivity index (χ4v) is 1.82. The van der Waals surface area contributed by atoms with Crippen LogP contribution in [-0.2, 0) is 9.47 Å². The molecule has 0 saturated carbocycles. The first kappa shape index (κ1) is 13.6. The van der Waals surface area contributed by atoms with E-state index in [1.807, 2.05) is 0 Å². The molecule has 1 saturated heterocycles. The van der Waals surface area contributed by atoms with Crippen molar-refractivity contribution in [2.45, 2.75) is 27.0 Å². The Bertz CT molecular complexity index is 318. The Morgan fingerprint density at radius 2 is 2.18 bits per heavy atom. The standard InChI is InChI=1S/C10H18N2O5/c1-5-16-9(14)17-7-10(2,3)6-11(4)8(13)12(7)15/h7,15H,5-6H2,1-4H3. The molecule has 7 nitrogen and oxygen atoms in total. The number of hydrogen-bond acceptors (Lipinski definition) is 5. The number of urea groups is 1. The third kappa shape index (κ3) is 2.79. The molecule has 0 radical (unpaired) electrons. The number of rotatable bonds is 2. The number of carbonyl (C=O) groups is 2. The van der Waals surface area contributed by atoms with E-state index >= 15 is 0 Å². The Labute approximate surface area is 99.8 Å². The minimum Gasteiger partial charge on any atom is -0.435 e. The van der Waals surface area contributed by atoms with Gasteiger partial charge in [-0.15, -0.1) is 0 Å². The number of nitrogens with zero attached hydrogens (tertiary/aromatic N) is 2. The van der Waals surface area contributed by atoms with E-state index in [2.05, 4.69) is 4.74 Å². The summed E-state index contributed by atoms with van der Waals surface area (Å²) in [6, 6.07) is -0.612. The minimum absolute atomic E-state index is 0.172. The van der Waals surface area contributed by atoms with E-state index in [9.17, 15) is 14.8 Å². The first-order chi connectivity index (χ1) is 7.79. The zero-order valence-corrected chi connectivity index (χ0v) is 10.5. The van der Waals surface area contributed by atoms with Crippen molar-refractivity contribution in [2.24, 2.45) is 5.41 Å². The molecule has 1 atom stereocenters. The molecule has 1 heterocycles. The van der Waals surface area contributed by atoms with Crippen LogP contribution in [0.4, 0.5) is 9.59 Å². The van der Waals surface area contributed by atoms with Gasteiger partial charge in [0.05, 0.1) is 6.61 Å². The second kappa shape index (κ2) is 4.79. The van der Waals surface area contributed by atoms with Crippen LogP contribution in [0.3, 0.4) is 0 Å². The van der Waals surface area contributed by atoms with Crippen LogP contribution in [0.2, 0.25) is 0 Å². The molecule has 1 N–H and O–H groups in total. The Balaban J connectivity index is 2.80. The zero-order chi connectivity index (χ0) is 13.2. The average Bonchev–Trinajstić information content (AvgIpc) is 2.21. The predicted octanol–water partition coefficient (Wildman–Crippen LogP) is 1.27. The molecule has 1 aliphatic rings. The van der Waals surface area contributed by atoms with Crippen molar-refractivity contribution in [3.63, 3.8) is 0 Å². The number of ether oxygens (including phenoxy) is 2. The van der Waals surface area contributed by atoms with E-state index in [0.29, 0.717) is 11.6 Å². The molecule has 1 unspecified atom stereocenters. The molecule has 1 fully saturated rings. The summed E-state index contributed by atoms with van der Waals surface area (Å²) in [6.07, 6.45) is -1.95. The Hall–Kier alpha value is -1.50. The van der Waals surface area contributed by atoms with Gasteiger partial charge in [-0.25, -0.2) is 9.59 Å². The fourth-order valence-electron chi connectivity index (χ4n) is 1.82. The van der Waals surface area contributed by atoms with Crippen LogP contribution in [0.1, 0.15) is 20.8 Å². The van der Waals surface area contributed by atoms with Gasteiger partial charge in [0, 0.05) is 19.0 Å². The number of hydrogen-bond donors (Lipinski definition) is 1. The maximum atomic E-state index is 11.5. The molecular formula is C10H18N2O5. The van der Waals surface area contributed by atoms with Crippen molar-refractivity contribution < 1.29 is 24.3 Å². The fraction of sp³-hybridized carbons (Fsp3) is 0.800. The van der Waals surface area contributed by atoms with Crippen LogP contribution in [0.5, 0.6) is 0 Å². The van der Waals surface area contributed by atoms with Gasteiger partial charge in [0.15, 0.2) is 0 Å². The van der Waals surface area contributed by atoms with Gasteiger partial charge in [-0.2, -0.15) is 5.06 Å². The van der Waals surface area contributed by atoms with Gasteiger partial charge >= 0.3 is 12.2 Å². The van der Waals surface area contributed by atoms with E-state index in [1.165, 1.54) is 4.90 Å². The second-order valence-electron chi connectivity index (χ2n) is 4.63. The molecule has 98 valence electrons. The second-order valence-corrected chi connectivity index (χ2v) is 4.63. The summed E-state index contributed by atoms with van der Waals surface area (Å²) in [5.41, 5.74) is -0.593. The lowest BCUT2D eigenvalue weighted by Crippen LogP contribution is -2.61. The van der Waals surface area contributed by atoms with E-state index in [1.54, 1.807) is 27.8 Å². The summed E-state index contributed by atoms with van der Waals surface area (Å²) in [5, 5.41) is 10.1. The first-order valence-electron chi connectivity index (χ1n) is 5.36. The predicted molar refractivity (Wildman–Crippen MR) is 57.3 cm³/mol. The summed E-state index contributed by atoms with van der Waals surface area (Å²) >= 11 is 0. The summed E-state index contributed by atoms with van der Waals surface area (Å²) < 4.78 is 9.57. The lowest BCUT2D eigenvalue weighted by atomic mass is 9.88. The van der Waals surface area contributed by atoms with Gasteiger partial charge in [0.1, 0.15) is 0 Å².